The van der Waals surface area contributed by atoms with Gasteiger partial charge in [-0.1, -0.05) is 105 Å². The molecule has 2 aromatic heterocycles. The van der Waals surface area contributed by atoms with Gasteiger partial charge in [0, 0.05) is 23.1 Å². The predicted octanol–water partition coefficient (Wildman–Crippen LogP) is 9.71. The van der Waals surface area contributed by atoms with E-state index in [4.69, 9.17) is 33.2 Å². The number of rotatable bonds is 16. The van der Waals surface area contributed by atoms with E-state index in [1.165, 1.54) is 4.90 Å². The Balaban J connectivity index is 1.16. The molecule has 1 fully saturated rings. The average Bonchev–Trinajstić information content (AvgIpc) is 3.94. The van der Waals surface area contributed by atoms with Crippen LogP contribution in [0.4, 0.5) is 22.0 Å². The van der Waals surface area contributed by atoms with Gasteiger partial charge in [-0.25, -0.2) is 9.69 Å². The number of nitrogens with one attached hydrogen (secondary N) is 1. The number of hydrogen-bond acceptors (Lipinski definition) is 11. The second-order valence-corrected chi connectivity index (χ2v) is 16.1. The first-order valence-corrected chi connectivity index (χ1v) is 22.0. The number of para-hydroxylation sites is 2. The summed E-state index contributed by atoms with van der Waals surface area (Å²) in [7, 11) is 0.126. The summed E-state index contributed by atoms with van der Waals surface area (Å²) in [4.78, 5) is 47.9. The van der Waals surface area contributed by atoms with E-state index in [2.05, 4.69) is 10.3 Å². The molecule has 0 saturated carbocycles. The molecule has 0 aliphatic carbocycles. The first-order chi connectivity index (χ1) is 31.6. The highest BCUT2D eigenvalue weighted by Crippen LogP contribution is 2.44. The van der Waals surface area contributed by atoms with E-state index in [-0.39, 0.29) is 36.4 Å². The first-order valence-electron chi connectivity index (χ1n) is 20.9. The third-order valence-electron chi connectivity index (χ3n) is 11.1. The van der Waals surface area contributed by atoms with Gasteiger partial charge in [-0.2, -0.15) is 9.97 Å². The fourth-order valence-electron chi connectivity index (χ4n) is 7.81. The first kappa shape index (κ1) is 44.6. The standard InChI is InChI=1S/C49H46N5O10P/c1-32(2)46(55)50-44-40-28-29-53(45(40)52-47(51-44)63-48(56)54(36-16-10-6-11-17-36)37-18-12-7-13-19-37)43-30-41(64-65(57)58)42(62-43)31-61-49(33-14-8-5-9-15-33,34-20-24-38(59-3)25-21-34)35-22-26-39(60-4)27-23-35/h5-29,32,41-43H,30-31H2,1-4H3,(H-,50,51,52,55,57,58)/p+1/t41-,42+,43+/m0/s1. The Bertz CT molecular complexity index is 2650. The highest BCUT2D eigenvalue weighted by atomic mass is 31.1. The van der Waals surface area contributed by atoms with Gasteiger partial charge in [0.05, 0.1) is 37.6 Å². The largest absolute Gasteiger partial charge is 0.695 e. The molecule has 1 aliphatic rings. The molecule has 1 aliphatic heterocycles. The second-order valence-electron chi connectivity index (χ2n) is 15.4. The van der Waals surface area contributed by atoms with Crippen molar-refractivity contribution < 1.29 is 47.3 Å². The third-order valence-corrected chi connectivity index (χ3v) is 11.5. The Morgan fingerprint density at radius 1 is 0.800 bits per heavy atom. The molecule has 0 spiro atoms. The van der Waals surface area contributed by atoms with Crippen molar-refractivity contribution in [1.29, 1.82) is 0 Å². The van der Waals surface area contributed by atoms with Crippen molar-refractivity contribution in [3.63, 3.8) is 0 Å². The Labute approximate surface area is 376 Å². The maximum atomic E-state index is 14.1. The number of nitrogens with zero attached hydrogens (tertiary/aromatic N) is 4. The number of aromatic nitrogens is 3. The van der Waals surface area contributed by atoms with E-state index in [1.807, 2.05) is 91.0 Å². The van der Waals surface area contributed by atoms with Crippen LogP contribution in [0.1, 0.15) is 43.2 Å². The van der Waals surface area contributed by atoms with E-state index in [1.54, 1.807) is 93.4 Å². The van der Waals surface area contributed by atoms with Gasteiger partial charge >= 0.3 is 20.4 Å². The van der Waals surface area contributed by atoms with Gasteiger partial charge < -0.3 is 33.6 Å². The molecule has 1 unspecified atom stereocenters. The lowest BCUT2D eigenvalue weighted by atomic mass is 9.80. The lowest BCUT2D eigenvalue weighted by Gasteiger charge is -2.37. The number of ether oxygens (including phenoxy) is 5. The molecule has 65 heavy (non-hydrogen) atoms. The van der Waals surface area contributed by atoms with E-state index >= 15 is 0 Å². The SMILES string of the molecule is COc1ccc(C(OC[C@H]2O[C@@H](n3ccc4c(NC(=O)C(C)C)nc(OC(=O)N(c5ccccc5)c5ccccc5)nc43)C[C@@H]2O[P+](=O)O)(c2ccccc2)c2ccc(OC)cc2)cc1. The van der Waals surface area contributed by atoms with Crippen molar-refractivity contribution in [2.75, 3.05) is 31.0 Å². The van der Waals surface area contributed by atoms with Gasteiger partial charge in [0.15, 0.2) is 5.65 Å². The zero-order chi connectivity index (χ0) is 45.5. The molecular weight excluding hydrogens is 850 g/mol. The molecule has 7 aromatic rings. The zero-order valence-corrected chi connectivity index (χ0v) is 36.9. The van der Waals surface area contributed by atoms with Crippen molar-refractivity contribution in [1.82, 2.24) is 14.5 Å². The molecule has 332 valence electrons. The molecule has 3 heterocycles. The average molecular weight is 897 g/mol. The summed E-state index contributed by atoms with van der Waals surface area (Å²) >= 11 is 0. The topological polar surface area (TPSA) is 173 Å². The number of anilines is 3. The summed E-state index contributed by atoms with van der Waals surface area (Å²) in [5, 5.41) is 3.28. The molecule has 2 N–H and O–H groups in total. The molecule has 1 saturated heterocycles. The van der Waals surface area contributed by atoms with Crippen LogP contribution in [0.3, 0.4) is 0 Å². The Morgan fingerprint density at radius 3 is 1.86 bits per heavy atom. The van der Waals surface area contributed by atoms with Crippen LogP contribution in [0.25, 0.3) is 11.0 Å². The number of benzene rings is 5. The monoisotopic (exact) mass is 896 g/mol. The number of amides is 2. The van der Waals surface area contributed by atoms with Crippen LogP contribution >= 0.6 is 8.25 Å². The summed E-state index contributed by atoms with van der Waals surface area (Å²) in [6.07, 6.45) is -1.68. The highest BCUT2D eigenvalue weighted by molar-refractivity contribution is 7.32. The molecule has 16 heteroatoms. The minimum Gasteiger partial charge on any atom is -0.497 e. The van der Waals surface area contributed by atoms with Crippen molar-refractivity contribution in [2.24, 2.45) is 5.92 Å². The molecular formula is C49H47N5O10P+. The van der Waals surface area contributed by atoms with Crippen molar-refractivity contribution in [3.8, 4) is 17.5 Å². The van der Waals surface area contributed by atoms with Crippen LogP contribution in [0.15, 0.2) is 152 Å². The minimum atomic E-state index is -3.07. The molecule has 4 atom stereocenters. The van der Waals surface area contributed by atoms with Crippen LogP contribution < -0.4 is 24.4 Å². The molecule has 2 amide bonds. The maximum absolute atomic E-state index is 14.1. The van der Waals surface area contributed by atoms with Gasteiger partial charge in [0.25, 0.3) is 0 Å². The molecule has 0 radical (unpaired) electrons. The van der Waals surface area contributed by atoms with Crippen LogP contribution in [0, 0.1) is 5.92 Å². The Kier molecular flexibility index (Phi) is 13.6. The van der Waals surface area contributed by atoms with Gasteiger partial charge in [0.2, 0.25) is 5.91 Å². The number of methoxy groups -OCH3 is 2. The number of fused-ring (bicyclic) bond motifs is 1. The maximum Gasteiger partial charge on any atom is 0.695 e. The molecule has 5 aromatic carbocycles. The summed E-state index contributed by atoms with van der Waals surface area (Å²) in [6.45, 7) is 3.38. The predicted molar refractivity (Wildman–Crippen MR) is 244 cm³/mol. The van der Waals surface area contributed by atoms with Crippen molar-refractivity contribution in [2.45, 2.75) is 44.3 Å². The van der Waals surface area contributed by atoms with Crippen LogP contribution in [0.5, 0.6) is 17.5 Å². The smallest absolute Gasteiger partial charge is 0.497 e. The zero-order valence-electron chi connectivity index (χ0n) is 36.0. The summed E-state index contributed by atoms with van der Waals surface area (Å²) in [5.74, 6) is 0.693. The molecule has 0 bridgehead atoms. The number of carbonyl (C=O) groups excluding carboxylic acids is 2. The normalized spacial score (nSPS) is 16.3. The van der Waals surface area contributed by atoms with Gasteiger partial charge in [-0.05, 0) is 71.3 Å². The number of hydrogen-bond donors (Lipinski definition) is 2. The van der Waals surface area contributed by atoms with Gasteiger partial charge in [-0.3, -0.25) is 4.79 Å². The Hall–Kier alpha value is -7.00. The second kappa shape index (κ2) is 19.8. The summed E-state index contributed by atoms with van der Waals surface area (Å²) in [5.41, 5.74) is 2.46. The van der Waals surface area contributed by atoms with Gasteiger partial charge in [0.1, 0.15) is 41.4 Å². The van der Waals surface area contributed by atoms with Crippen LogP contribution in [0.2, 0.25) is 0 Å². The van der Waals surface area contributed by atoms with E-state index in [0.717, 1.165) is 16.7 Å². The third kappa shape index (κ3) is 9.60. The summed E-state index contributed by atoms with van der Waals surface area (Å²) < 4.78 is 50.5. The van der Waals surface area contributed by atoms with Crippen molar-refractivity contribution in [3.05, 3.63) is 168 Å². The highest BCUT2D eigenvalue weighted by Gasteiger charge is 2.46. The molecule has 8 rings (SSSR count). The number of carbonyl (C=O) groups is 2. The lowest BCUT2D eigenvalue weighted by Crippen LogP contribution is -2.38. The molecule has 15 nitrogen and oxygen atoms in total. The van der Waals surface area contributed by atoms with Crippen LogP contribution in [-0.4, -0.2) is 64.5 Å². The minimum absolute atomic E-state index is 0.0887. The lowest BCUT2D eigenvalue weighted by molar-refractivity contribution is -0.118. The van der Waals surface area contributed by atoms with Crippen molar-refractivity contribution >= 4 is 48.5 Å². The fraction of sp³-hybridized carbons (Fsp3) is 0.224. The summed E-state index contributed by atoms with van der Waals surface area (Å²) in [6, 6.07) is 44.2. The van der Waals surface area contributed by atoms with Crippen LogP contribution in [-0.2, 0) is 29.0 Å². The van der Waals surface area contributed by atoms with Gasteiger partial charge in [-0.15, -0.1) is 9.42 Å². The Morgan fingerprint density at radius 2 is 1.34 bits per heavy atom. The van der Waals surface area contributed by atoms with E-state index in [0.29, 0.717) is 28.3 Å². The van der Waals surface area contributed by atoms with E-state index in [9.17, 15) is 19.0 Å². The fourth-order valence-corrected chi connectivity index (χ4v) is 8.27. The quantitative estimate of drug-likeness (QED) is 0.0696. The van der Waals surface area contributed by atoms with E-state index < -0.39 is 44.3 Å².